The first kappa shape index (κ1) is 13.9. The molecule has 0 spiro atoms. The average molecular weight is 287 g/mol. The van der Waals surface area contributed by atoms with Gasteiger partial charge in [0.1, 0.15) is 5.52 Å². The summed E-state index contributed by atoms with van der Waals surface area (Å²) >= 11 is 0. The summed E-state index contributed by atoms with van der Waals surface area (Å²) in [7, 11) is 0. The third-order valence-corrected chi connectivity index (χ3v) is 4.01. The fourth-order valence-electron chi connectivity index (χ4n) is 2.86. The van der Waals surface area contributed by atoms with Crippen molar-refractivity contribution in [3.8, 4) is 0 Å². The molecule has 2 N–H and O–H groups in total. The lowest BCUT2D eigenvalue weighted by Crippen LogP contribution is -2.36. The standard InChI is InChI=1S/C15H21N5O/c1-11-9-12-14(17-10-11)20(15(16)18-12)8-5-13(21)19-6-3-2-4-7-19/h9-10H,2-8H2,1H3,(H2,16,18). The molecular weight excluding hydrogens is 266 g/mol. The zero-order valence-electron chi connectivity index (χ0n) is 12.4. The second-order valence-corrected chi connectivity index (χ2v) is 5.67. The Kier molecular flexibility index (Phi) is 3.77. The van der Waals surface area contributed by atoms with Crippen LogP contribution >= 0.6 is 0 Å². The summed E-state index contributed by atoms with van der Waals surface area (Å²) in [4.78, 5) is 22.9. The van der Waals surface area contributed by atoms with Crippen molar-refractivity contribution in [3.05, 3.63) is 17.8 Å². The van der Waals surface area contributed by atoms with Crippen LogP contribution in [0.25, 0.3) is 11.2 Å². The van der Waals surface area contributed by atoms with Gasteiger partial charge in [0.15, 0.2) is 5.65 Å². The van der Waals surface area contributed by atoms with Crippen molar-refractivity contribution in [3.63, 3.8) is 0 Å². The van der Waals surface area contributed by atoms with Crippen molar-refractivity contribution in [2.24, 2.45) is 0 Å². The number of aryl methyl sites for hydroxylation is 2. The lowest BCUT2D eigenvalue weighted by Gasteiger charge is -2.26. The predicted octanol–water partition coefficient (Wildman–Crippen LogP) is 1.72. The molecule has 3 heterocycles. The van der Waals surface area contributed by atoms with Gasteiger partial charge in [0.05, 0.1) is 0 Å². The van der Waals surface area contributed by atoms with E-state index in [0.29, 0.717) is 18.9 Å². The molecule has 21 heavy (non-hydrogen) atoms. The number of piperidine rings is 1. The zero-order valence-corrected chi connectivity index (χ0v) is 12.4. The molecule has 112 valence electrons. The lowest BCUT2D eigenvalue weighted by atomic mass is 10.1. The number of hydrogen-bond acceptors (Lipinski definition) is 4. The number of aromatic nitrogens is 3. The Morgan fingerprint density at radius 3 is 2.86 bits per heavy atom. The second-order valence-electron chi connectivity index (χ2n) is 5.67. The molecule has 1 saturated heterocycles. The van der Waals surface area contributed by atoms with Crippen molar-refractivity contribution in [2.75, 3.05) is 18.8 Å². The zero-order chi connectivity index (χ0) is 14.8. The molecule has 1 fully saturated rings. The van der Waals surface area contributed by atoms with Crippen LogP contribution in [0.15, 0.2) is 12.3 Å². The van der Waals surface area contributed by atoms with E-state index in [-0.39, 0.29) is 5.91 Å². The van der Waals surface area contributed by atoms with Gasteiger partial charge in [0, 0.05) is 32.3 Å². The third-order valence-electron chi connectivity index (χ3n) is 4.01. The van der Waals surface area contributed by atoms with E-state index in [1.54, 1.807) is 6.20 Å². The number of rotatable bonds is 3. The van der Waals surface area contributed by atoms with Crippen LogP contribution in [0.5, 0.6) is 0 Å². The van der Waals surface area contributed by atoms with E-state index < -0.39 is 0 Å². The monoisotopic (exact) mass is 287 g/mol. The topological polar surface area (TPSA) is 77.0 Å². The molecule has 2 aromatic heterocycles. The van der Waals surface area contributed by atoms with Crippen LogP contribution in [-0.4, -0.2) is 38.4 Å². The first-order chi connectivity index (χ1) is 10.1. The summed E-state index contributed by atoms with van der Waals surface area (Å²) < 4.78 is 1.83. The molecule has 0 saturated carbocycles. The summed E-state index contributed by atoms with van der Waals surface area (Å²) in [6, 6.07) is 1.96. The van der Waals surface area contributed by atoms with E-state index in [9.17, 15) is 4.79 Å². The Bertz CT molecular complexity index is 657. The minimum atomic E-state index is 0.197. The molecule has 1 aliphatic rings. The van der Waals surface area contributed by atoms with Crippen molar-refractivity contribution in [1.82, 2.24) is 19.4 Å². The van der Waals surface area contributed by atoms with Crippen LogP contribution in [0.4, 0.5) is 5.95 Å². The van der Waals surface area contributed by atoms with Gasteiger partial charge in [-0.15, -0.1) is 0 Å². The summed E-state index contributed by atoms with van der Waals surface area (Å²) in [5.74, 6) is 0.623. The highest BCUT2D eigenvalue weighted by Gasteiger charge is 2.17. The fourth-order valence-corrected chi connectivity index (χ4v) is 2.86. The van der Waals surface area contributed by atoms with Crippen LogP contribution in [0.2, 0.25) is 0 Å². The number of anilines is 1. The van der Waals surface area contributed by atoms with Crippen molar-refractivity contribution < 1.29 is 4.79 Å². The van der Waals surface area contributed by atoms with Gasteiger partial charge in [-0.3, -0.25) is 9.36 Å². The number of amides is 1. The Morgan fingerprint density at radius 2 is 2.10 bits per heavy atom. The van der Waals surface area contributed by atoms with Gasteiger partial charge < -0.3 is 10.6 Å². The molecule has 6 nitrogen and oxygen atoms in total. The number of carbonyl (C=O) groups is 1. The average Bonchev–Trinajstić information content (AvgIpc) is 2.80. The maximum Gasteiger partial charge on any atom is 0.224 e. The summed E-state index contributed by atoms with van der Waals surface area (Å²) in [5.41, 5.74) is 8.55. The van der Waals surface area contributed by atoms with Crippen LogP contribution < -0.4 is 5.73 Å². The highest BCUT2D eigenvalue weighted by molar-refractivity contribution is 5.77. The van der Waals surface area contributed by atoms with Crippen LogP contribution in [0.1, 0.15) is 31.2 Å². The largest absolute Gasteiger partial charge is 0.369 e. The van der Waals surface area contributed by atoms with Crippen LogP contribution in [-0.2, 0) is 11.3 Å². The Labute approximate surface area is 124 Å². The van der Waals surface area contributed by atoms with Gasteiger partial charge in [-0.05, 0) is 37.8 Å². The van der Waals surface area contributed by atoms with Crippen molar-refractivity contribution >= 4 is 23.0 Å². The lowest BCUT2D eigenvalue weighted by molar-refractivity contribution is -0.132. The van der Waals surface area contributed by atoms with Gasteiger partial charge in [-0.1, -0.05) is 0 Å². The number of nitrogens with two attached hydrogens (primary N) is 1. The first-order valence-corrected chi connectivity index (χ1v) is 7.51. The predicted molar refractivity (Wildman–Crippen MR) is 81.7 cm³/mol. The minimum Gasteiger partial charge on any atom is -0.369 e. The number of nitrogen functional groups attached to an aromatic ring is 1. The first-order valence-electron chi connectivity index (χ1n) is 7.51. The number of nitrogens with zero attached hydrogens (tertiary/aromatic N) is 4. The third kappa shape index (κ3) is 2.84. The number of carbonyl (C=O) groups excluding carboxylic acids is 1. The molecule has 0 aromatic carbocycles. The summed E-state index contributed by atoms with van der Waals surface area (Å²) in [5, 5.41) is 0. The number of pyridine rings is 1. The number of hydrogen-bond donors (Lipinski definition) is 1. The van der Waals surface area contributed by atoms with Gasteiger partial charge in [0.25, 0.3) is 0 Å². The minimum absolute atomic E-state index is 0.197. The Balaban J connectivity index is 1.72. The quantitative estimate of drug-likeness (QED) is 0.932. The molecule has 1 amide bonds. The molecule has 0 radical (unpaired) electrons. The molecule has 6 heteroatoms. The molecule has 0 atom stereocenters. The van der Waals surface area contributed by atoms with E-state index in [1.165, 1.54) is 6.42 Å². The normalized spacial score (nSPS) is 15.6. The molecule has 3 rings (SSSR count). The Morgan fingerprint density at radius 1 is 1.33 bits per heavy atom. The second kappa shape index (κ2) is 5.71. The van der Waals surface area contributed by atoms with Gasteiger partial charge in [-0.25, -0.2) is 9.97 Å². The number of fused-ring (bicyclic) bond motifs is 1. The van der Waals surface area contributed by atoms with E-state index in [1.807, 2.05) is 22.5 Å². The number of likely N-dealkylation sites (tertiary alicyclic amines) is 1. The van der Waals surface area contributed by atoms with Crippen LogP contribution in [0.3, 0.4) is 0 Å². The van der Waals surface area contributed by atoms with Crippen LogP contribution in [0, 0.1) is 6.92 Å². The molecule has 2 aromatic rings. The summed E-state index contributed by atoms with van der Waals surface area (Å²) in [6.45, 7) is 4.28. The van der Waals surface area contributed by atoms with Gasteiger partial charge in [0.2, 0.25) is 11.9 Å². The maximum absolute atomic E-state index is 12.2. The highest BCUT2D eigenvalue weighted by atomic mass is 16.2. The fraction of sp³-hybridized carbons (Fsp3) is 0.533. The van der Waals surface area contributed by atoms with Gasteiger partial charge >= 0.3 is 0 Å². The van der Waals surface area contributed by atoms with E-state index >= 15 is 0 Å². The van der Waals surface area contributed by atoms with E-state index in [0.717, 1.165) is 42.7 Å². The number of imidazole rings is 1. The molecular formula is C15H21N5O. The van der Waals surface area contributed by atoms with Crippen molar-refractivity contribution in [2.45, 2.75) is 39.2 Å². The molecule has 1 aliphatic heterocycles. The Hall–Kier alpha value is -2.11. The van der Waals surface area contributed by atoms with Gasteiger partial charge in [-0.2, -0.15) is 0 Å². The van der Waals surface area contributed by atoms with Crippen molar-refractivity contribution in [1.29, 1.82) is 0 Å². The molecule has 0 unspecified atom stereocenters. The molecule has 0 bridgehead atoms. The smallest absolute Gasteiger partial charge is 0.224 e. The van der Waals surface area contributed by atoms with E-state index in [4.69, 9.17) is 5.73 Å². The highest BCUT2D eigenvalue weighted by Crippen LogP contribution is 2.18. The maximum atomic E-state index is 12.2. The van der Waals surface area contributed by atoms with E-state index in [2.05, 4.69) is 9.97 Å². The molecule has 0 aliphatic carbocycles. The SMILES string of the molecule is Cc1cnc2c(c1)nc(N)n2CCC(=O)N1CCCCC1. The summed E-state index contributed by atoms with van der Waals surface area (Å²) in [6.07, 6.45) is 5.70.